The molecular formula is C10H20N2. The van der Waals surface area contributed by atoms with Gasteiger partial charge in [-0.2, -0.15) is 0 Å². The Balaban J connectivity index is 2.05. The highest BCUT2D eigenvalue weighted by Gasteiger charge is 2.37. The van der Waals surface area contributed by atoms with Gasteiger partial charge in [0.2, 0.25) is 0 Å². The van der Waals surface area contributed by atoms with E-state index in [-0.39, 0.29) is 0 Å². The normalized spacial score (nSPS) is 44.8. The molecule has 70 valence electrons. The van der Waals surface area contributed by atoms with Gasteiger partial charge < -0.3 is 9.80 Å². The van der Waals surface area contributed by atoms with E-state index in [0.29, 0.717) is 0 Å². The minimum absolute atomic E-state index is 0.853. The zero-order chi connectivity index (χ0) is 8.72. The maximum absolute atomic E-state index is 2.56. The molecular weight excluding hydrogens is 148 g/mol. The topological polar surface area (TPSA) is 6.48 Å². The highest BCUT2D eigenvalue weighted by molar-refractivity contribution is 4.93. The van der Waals surface area contributed by atoms with Gasteiger partial charge in [0.25, 0.3) is 0 Å². The lowest BCUT2D eigenvalue weighted by Gasteiger charge is -2.37. The van der Waals surface area contributed by atoms with Crippen LogP contribution in [0.2, 0.25) is 0 Å². The van der Waals surface area contributed by atoms with E-state index in [1.165, 1.54) is 26.1 Å². The molecule has 0 aromatic heterocycles. The number of likely N-dealkylation sites (tertiary alicyclic amines) is 2. The molecule has 0 N–H and O–H groups in total. The summed E-state index contributed by atoms with van der Waals surface area (Å²) in [6.45, 7) is 6.28. The monoisotopic (exact) mass is 168 g/mol. The highest BCUT2D eigenvalue weighted by atomic mass is 15.2. The third kappa shape index (κ3) is 1.38. The van der Waals surface area contributed by atoms with Crippen LogP contribution in [0.5, 0.6) is 0 Å². The number of piperidine rings is 1. The molecule has 2 heterocycles. The molecule has 2 rings (SSSR count). The fraction of sp³-hybridized carbons (Fsp3) is 1.00. The lowest BCUT2D eigenvalue weighted by atomic mass is 9.86. The van der Waals surface area contributed by atoms with Crippen molar-refractivity contribution in [3.8, 4) is 0 Å². The van der Waals surface area contributed by atoms with E-state index in [0.717, 1.165) is 17.9 Å². The van der Waals surface area contributed by atoms with Crippen molar-refractivity contribution in [1.29, 1.82) is 0 Å². The Bertz CT molecular complexity index is 169. The van der Waals surface area contributed by atoms with E-state index in [4.69, 9.17) is 0 Å². The third-order valence-corrected chi connectivity index (χ3v) is 3.46. The first kappa shape index (κ1) is 8.52. The highest BCUT2D eigenvalue weighted by Crippen LogP contribution is 2.31. The number of fused-ring (bicyclic) bond motifs is 1. The summed E-state index contributed by atoms with van der Waals surface area (Å²) in [5.41, 5.74) is 0. The Labute approximate surface area is 75.5 Å². The molecule has 0 saturated carbocycles. The van der Waals surface area contributed by atoms with Gasteiger partial charge in [-0.3, -0.25) is 0 Å². The van der Waals surface area contributed by atoms with Gasteiger partial charge in [0.05, 0.1) is 0 Å². The molecule has 0 amide bonds. The van der Waals surface area contributed by atoms with Crippen LogP contribution in [0.15, 0.2) is 0 Å². The van der Waals surface area contributed by atoms with E-state index in [1.807, 2.05) is 0 Å². The summed E-state index contributed by atoms with van der Waals surface area (Å²) >= 11 is 0. The van der Waals surface area contributed by atoms with Crippen molar-refractivity contribution in [1.82, 2.24) is 9.80 Å². The minimum Gasteiger partial charge on any atom is -0.304 e. The second-order valence-electron chi connectivity index (χ2n) is 4.83. The van der Waals surface area contributed by atoms with Gasteiger partial charge in [-0.25, -0.2) is 0 Å². The summed E-state index contributed by atoms with van der Waals surface area (Å²) < 4.78 is 0. The van der Waals surface area contributed by atoms with Crippen molar-refractivity contribution in [3.05, 3.63) is 0 Å². The van der Waals surface area contributed by atoms with Crippen LogP contribution in [0, 0.1) is 11.8 Å². The van der Waals surface area contributed by atoms with Crippen LogP contribution in [-0.4, -0.2) is 49.6 Å². The van der Waals surface area contributed by atoms with Crippen LogP contribution in [0.3, 0.4) is 0 Å². The van der Waals surface area contributed by atoms with Gasteiger partial charge in [-0.05, 0) is 32.4 Å². The fourth-order valence-electron chi connectivity index (χ4n) is 3.01. The Morgan fingerprint density at radius 2 is 1.83 bits per heavy atom. The van der Waals surface area contributed by atoms with Gasteiger partial charge in [0.15, 0.2) is 0 Å². The summed E-state index contributed by atoms with van der Waals surface area (Å²) in [6, 6.07) is 0.853. The van der Waals surface area contributed by atoms with Crippen molar-refractivity contribution < 1.29 is 0 Å². The fourth-order valence-corrected chi connectivity index (χ4v) is 3.01. The van der Waals surface area contributed by atoms with Crippen molar-refractivity contribution in [2.45, 2.75) is 19.4 Å². The van der Waals surface area contributed by atoms with E-state index >= 15 is 0 Å². The SMILES string of the molecule is CC1CC2CN(C)CC2N(C)C1. The third-order valence-electron chi connectivity index (χ3n) is 3.46. The second kappa shape index (κ2) is 3.00. The maximum atomic E-state index is 2.56. The number of hydrogen-bond donors (Lipinski definition) is 0. The molecule has 12 heavy (non-hydrogen) atoms. The van der Waals surface area contributed by atoms with E-state index in [2.05, 4.69) is 30.8 Å². The molecule has 3 atom stereocenters. The Morgan fingerprint density at radius 1 is 1.08 bits per heavy atom. The smallest absolute Gasteiger partial charge is 0.0260 e. The lowest BCUT2D eigenvalue weighted by Crippen LogP contribution is -2.45. The van der Waals surface area contributed by atoms with Gasteiger partial charge >= 0.3 is 0 Å². The summed E-state index contributed by atoms with van der Waals surface area (Å²) in [4.78, 5) is 5.03. The van der Waals surface area contributed by atoms with Crippen LogP contribution in [0.1, 0.15) is 13.3 Å². The molecule has 2 saturated heterocycles. The molecule has 2 aliphatic rings. The second-order valence-corrected chi connectivity index (χ2v) is 4.83. The molecule has 2 fully saturated rings. The lowest BCUT2D eigenvalue weighted by molar-refractivity contribution is 0.117. The molecule has 2 nitrogen and oxygen atoms in total. The zero-order valence-electron chi connectivity index (χ0n) is 8.45. The molecule has 0 aliphatic carbocycles. The van der Waals surface area contributed by atoms with Crippen LogP contribution in [0.4, 0.5) is 0 Å². The first-order valence-corrected chi connectivity index (χ1v) is 5.05. The number of likely N-dealkylation sites (N-methyl/N-ethyl adjacent to an activating group) is 2. The molecule has 3 unspecified atom stereocenters. The molecule has 2 aliphatic heterocycles. The van der Waals surface area contributed by atoms with Gasteiger partial charge in [-0.1, -0.05) is 6.92 Å². The van der Waals surface area contributed by atoms with E-state index < -0.39 is 0 Å². The Kier molecular flexibility index (Phi) is 2.13. The maximum Gasteiger partial charge on any atom is 0.0260 e. The number of rotatable bonds is 0. The van der Waals surface area contributed by atoms with Crippen LogP contribution < -0.4 is 0 Å². The van der Waals surface area contributed by atoms with Gasteiger partial charge in [-0.15, -0.1) is 0 Å². The quantitative estimate of drug-likeness (QED) is 0.530. The molecule has 0 radical (unpaired) electrons. The summed E-state index contributed by atoms with van der Waals surface area (Å²) in [7, 11) is 4.53. The molecule has 0 aromatic rings. The molecule has 2 heteroatoms. The molecule has 0 bridgehead atoms. The summed E-state index contributed by atoms with van der Waals surface area (Å²) in [6.07, 6.45) is 1.44. The van der Waals surface area contributed by atoms with Gasteiger partial charge in [0.1, 0.15) is 0 Å². The van der Waals surface area contributed by atoms with Crippen LogP contribution in [0.25, 0.3) is 0 Å². The summed E-state index contributed by atoms with van der Waals surface area (Å²) in [5.74, 6) is 1.85. The Morgan fingerprint density at radius 3 is 2.58 bits per heavy atom. The van der Waals surface area contributed by atoms with Crippen LogP contribution >= 0.6 is 0 Å². The Hall–Kier alpha value is -0.0800. The van der Waals surface area contributed by atoms with E-state index in [1.54, 1.807) is 0 Å². The number of nitrogens with zero attached hydrogens (tertiary/aromatic N) is 2. The first-order valence-electron chi connectivity index (χ1n) is 5.05. The van der Waals surface area contributed by atoms with Crippen molar-refractivity contribution in [2.75, 3.05) is 33.7 Å². The van der Waals surface area contributed by atoms with Gasteiger partial charge in [0, 0.05) is 25.7 Å². The standard InChI is InChI=1S/C10H20N2/c1-8-4-9-6-11(2)7-10(9)12(3)5-8/h8-10H,4-7H2,1-3H3. The minimum atomic E-state index is 0.853. The first-order chi connectivity index (χ1) is 5.66. The predicted octanol–water partition coefficient (Wildman–Crippen LogP) is 0.888. The predicted molar refractivity (Wildman–Crippen MR) is 51.2 cm³/mol. The van der Waals surface area contributed by atoms with Crippen molar-refractivity contribution >= 4 is 0 Å². The summed E-state index contributed by atoms with van der Waals surface area (Å²) in [5, 5.41) is 0. The average molecular weight is 168 g/mol. The van der Waals surface area contributed by atoms with Crippen molar-refractivity contribution in [3.63, 3.8) is 0 Å². The van der Waals surface area contributed by atoms with E-state index in [9.17, 15) is 0 Å². The van der Waals surface area contributed by atoms with Crippen molar-refractivity contribution in [2.24, 2.45) is 11.8 Å². The zero-order valence-corrected chi connectivity index (χ0v) is 8.45. The van der Waals surface area contributed by atoms with Crippen LogP contribution in [-0.2, 0) is 0 Å². The molecule has 0 spiro atoms. The molecule has 0 aromatic carbocycles. The largest absolute Gasteiger partial charge is 0.304 e. The average Bonchev–Trinajstić information content (AvgIpc) is 2.29. The number of hydrogen-bond acceptors (Lipinski definition) is 2.